The van der Waals surface area contributed by atoms with Crippen LogP contribution in [0.2, 0.25) is 0 Å². The zero-order valence-electron chi connectivity index (χ0n) is 16.0. The smallest absolute Gasteiger partial charge is 0.317 e. The average molecular weight is 377 g/mol. The van der Waals surface area contributed by atoms with Gasteiger partial charge in [-0.05, 0) is 56.7 Å². The maximum Gasteiger partial charge on any atom is 0.317 e. The predicted molar refractivity (Wildman–Crippen MR) is 103 cm³/mol. The lowest BCUT2D eigenvalue weighted by Crippen LogP contribution is -2.46. The molecule has 3 N–H and O–H groups in total. The van der Waals surface area contributed by atoms with Gasteiger partial charge < -0.3 is 25.3 Å². The first-order valence-electron chi connectivity index (χ1n) is 10.2. The van der Waals surface area contributed by atoms with Gasteiger partial charge in [0.1, 0.15) is 0 Å². The zero-order valence-corrected chi connectivity index (χ0v) is 16.0. The van der Waals surface area contributed by atoms with Crippen LogP contribution in [0.1, 0.15) is 43.9 Å². The van der Waals surface area contributed by atoms with E-state index in [1.807, 2.05) is 23.1 Å². The lowest BCUT2D eigenvalue weighted by molar-refractivity contribution is 0.0634. The van der Waals surface area contributed by atoms with Gasteiger partial charge in [0.25, 0.3) is 0 Å². The second-order valence-corrected chi connectivity index (χ2v) is 7.68. The Morgan fingerprint density at radius 3 is 2.59 bits per heavy atom. The molecule has 0 bridgehead atoms. The Morgan fingerprint density at radius 1 is 1.19 bits per heavy atom. The number of carbonyl (C=O) groups excluding carboxylic acids is 1. The van der Waals surface area contributed by atoms with Crippen molar-refractivity contribution in [3.63, 3.8) is 0 Å². The van der Waals surface area contributed by atoms with Gasteiger partial charge in [-0.1, -0.05) is 6.07 Å². The number of hydrogen-bond donors (Lipinski definition) is 3. The molecule has 2 aliphatic rings. The first-order chi connectivity index (χ1) is 13.1. The van der Waals surface area contributed by atoms with Crippen LogP contribution in [-0.4, -0.2) is 76.4 Å². The van der Waals surface area contributed by atoms with Gasteiger partial charge >= 0.3 is 6.03 Å². The summed E-state index contributed by atoms with van der Waals surface area (Å²) >= 11 is 0. The third kappa shape index (κ3) is 5.89. The molecule has 0 radical (unpaired) electrons. The molecular weight excluding hydrogens is 344 g/mol. The number of aromatic nitrogens is 1. The van der Waals surface area contributed by atoms with Gasteiger partial charge in [-0.2, -0.15) is 0 Å². The molecule has 1 unspecified atom stereocenters. The molecule has 7 heteroatoms. The van der Waals surface area contributed by atoms with Gasteiger partial charge in [-0.25, -0.2) is 4.79 Å². The number of likely N-dealkylation sites (tertiary alicyclic amines) is 2. The fraction of sp³-hybridized carbons (Fsp3) is 0.700. The highest BCUT2D eigenvalue weighted by atomic mass is 16.3. The van der Waals surface area contributed by atoms with Gasteiger partial charge in [0, 0.05) is 38.9 Å². The van der Waals surface area contributed by atoms with Crippen molar-refractivity contribution in [2.75, 3.05) is 39.3 Å². The standard InChI is InChI=1S/C20H32N4O3/c25-17-7-12-23(13-8-17)11-3-10-22-20(27)24-14-5-16(6-15-24)19(26)18-4-1-2-9-21-18/h1-2,4,9,16-17,19,25-26H,3,5-8,10-15H2,(H,22,27). The van der Waals surface area contributed by atoms with Crippen LogP contribution in [-0.2, 0) is 0 Å². The van der Waals surface area contributed by atoms with Crippen molar-refractivity contribution >= 4 is 6.03 Å². The summed E-state index contributed by atoms with van der Waals surface area (Å²) in [5, 5.41) is 23.0. The molecule has 1 aromatic rings. The maximum atomic E-state index is 12.3. The maximum absolute atomic E-state index is 12.3. The molecule has 1 aromatic heterocycles. The van der Waals surface area contributed by atoms with Gasteiger partial charge in [-0.3, -0.25) is 4.98 Å². The Kier molecular flexibility index (Phi) is 7.43. The van der Waals surface area contributed by atoms with Crippen LogP contribution in [0.25, 0.3) is 0 Å². The number of aliphatic hydroxyl groups is 2. The van der Waals surface area contributed by atoms with E-state index in [1.165, 1.54) is 0 Å². The van der Waals surface area contributed by atoms with Crippen LogP contribution < -0.4 is 5.32 Å². The van der Waals surface area contributed by atoms with E-state index < -0.39 is 6.10 Å². The van der Waals surface area contributed by atoms with E-state index in [0.29, 0.717) is 25.3 Å². The van der Waals surface area contributed by atoms with E-state index in [9.17, 15) is 15.0 Å². The van der Waals surface area contributed by atoms with Crippen molar-refractivity contribution in [2.24, 2.45) is 5.92 Å². The molecule has 0 spiro atoms. The topological polar surface area (TPSA) is 88.9 Å². The van der Waals surface area contributed by atoms with E-state index in [4.69, 9.17) is 0 Å². The summed E-state index contributed by atoms with van der Waals surface area (Å²) in [4.78, 5) is 20.8. The highest BCUT2D eigenvalue weighted by Crippen LogP contribution is 2.29. The number of hydrogen-bond acceptors (Lipinski definition) is 5. The van der Waals surface area contributed by atoms with E-state index >= 15 is 0 Å². The van der Waals surface area contributed by atoms with Gasteiger partial charge in [0.2, 0.25) is 0 Å². The average Bonchev–Trinajstić information content (AvgIpc) is 2.72. The first-order valence-corrected chi connectivity index (χ1v) is 10.2. The monoisotopic (exact) mass is 376 g/mol. The highest BCUT2D eigenvalue weighted by Gasteiger charge is 2.28. The molecule has 0 aliphatic carbocycles. The normalized spacial score (nSPS) is 21.2. The number of nitrogens with zero attached hydrogens (tertiary/aromatic N) is 3. The molecule has 2 amide bonds. The molecule has 1 atom stereocenters. The predicted octanol–water partition coefficient (Wildman–Crippen LogP) is 1.38. The second-order valence-electron chi connectivity index (χ2n) is 7.68. The summed E-state index contributed by atoms with van der Waals surface area (Å²) in [5.74, 6) is 0.151. The van der Waals surface area contributed by atoms with E-state index in [0.717, 1.165) is 51.7 Å². The summed E-state index contributed by atoms with van der Waals surface area (Å²) in [5.41, 5.74) is 0.714. The summed E-state index contributed by atoms with van der Waals surface area (Å²) in [6.45, 7) is 4.87. The summed E-state index contributed by atoms with van der Waals surface area (Å²) in [6, 6.07) is 5.58. The number of piperidine rings is 2. The van der Waals surface area contributed by atoms with Gasteiger partial charge in [0.05, 0.1) is 17.9 Å². The Balaban J connectivity index is 1.31. The molecule has 0 saturated carbocycles. The quantitative estimate of drug-likeness (QED) is 0.653. The minimum Gasteiger partial charge on any atom is -0.393 e. The third-order valence-corrected chi connectivity index (χ3v) is 5.75. The SMILES string of the molecule is O=C(NCCCN1CCC(O)CC1)N1CCC(C(O)c2ccccn2)CC1. The van der Waals surface area contributed by atoms with E-state index in [-0.39, 0.29) is 18.1 Å². The van der Waals surface area contributed by atoms with Gasteiger partial charge in [-0.15, -0.1) is 0 Å². The van der Waals surface area contributed by atoms with Crippen molar-refractivity contribution in [1.29, 1.82) is 0 Å². The van der Waals surface area contributed by atoms with Crippen molar-refractivity contribution in [3.8, 4) is 0 Å². The molecule has 0 aromatic carbocycles. The molecule has 2 aliphatic heterocycles. The van der Waals surface area contributed by atoms with Crippen molar-refractivity contribution < 1.29 is 15.0 Å². The molecule has 27 heavy (non-hydrogen) atoms. The Bertz CT molecular complexity index is 570. The number of aliphatic hydroxyl groups excluding tert-OH is 2. The Labute approximate surface area is 161 Å². The van der Waals surface area contributed by atoms with E-state index in [2.05, 4.69) is 15.2 Å². The van der Waals surface area contributed by atoms with Crippen LogP contribution in [0.5, 0.6) is 0 Å². The molecule has 2 fully saturated rings. The minimum atomic E-state index is -0.556. The number of nitrogens with one attached hydrogen (secondary N) is 1. The molecule has 150 valence electrons. The molecular formula is C20H32N4O3. The minimum absolute atomic E-state index is 0.00478. The van der Waals surface area contributed by atoms with Crippen LogP contribution in [0.15, 0.2) is 24.4 Å². The van der Waals surface area contributed by atoms with Crippen LogP contribution >= 0.6 is 0 Å². The number of carbonyl (C=O) groups is 1. The Morgan fingerprint density at radius 2 is 1.93 bits per heavy atom. The van der Waals surface area contributed by atoms with Crippen molar-refractivity contribution in [2.45, 2.75) is 44.3 Å². The number of rotatable bonds is 6. The van der Waals surface area contributed by atoms with E-state index in [1.54, 1.807) is 6.20 Å². The first kappa shape index (κ1) is 20.0. The number of amides is 2. The summed E-state index contributed by atoms with van der Waals surface area (Å²) in [6.07, 6.45) is 5.23. The fourth-order valence-corrected chi connectivity index (χ4v) is 3.96. The fourth-order valence-electron chi connectivity index (χ4n) is 3.96. The second kappa shape index (κ2) is 10.0. The van der Waals surface area contributed by atoms with Crippen molar-refractivity contribution in [1.82, 2.24) is 20.1 Å². The summed E-state index contributed by atoms with van der Waals surface area (Å²) in [7, 11) is 0. The molecule has 3 rings (SSSR count). The summed E-state index contributed by atoms with van der Waals surface area (Å²) < 4.78 is 0. The largest absolute Gasteiger partial charge is 0.393 e. The molecule has 2 saturated heterocycles. The van der Waals surface area contributed by atoms with Crippen LogP contribution in [0.4, 0.5) is 4.79 Å². The molecule has 7 nitrogen and oxygen atoms in total. The van der Waals surface area contributed by atoms with Crippen LogP contribution in [0.3, 0.4) is 0 Å². The Hall–Kier alpha value is -1.70. The molecule has 3 heterocycles. The van der Waals surface area contributed by atoms with Crippen molar-refractivity contribution in [3.05, 3.63) is 30.1 Å². The zero-order chi connectivity index (χ0) is 19.1. The number of pyridine rings is 1. The lowest BCUT2D eigenvalue weighted by Gasteiger charge is -2.34. The van der Waals surface area contributed by atoms with Crippen LogP contribution in [0, 0.1) is 5.92 Å². The third-order valence-electron chi connectivity index (χ3n) is 5.75. The van der Waals surface area contributed by atoms with Gasteiger partial charge in [0.15, 0.2) is 0 Å². The lowest BCUT2D eigenvalue weighted by atomic mass is 9.89. The highest BCUT2D eigenvalue weighted by molar-refractivity contribution is 5.74. The number of urea groups is 1.